The lowest BCUT2D eigenvalue weighted by molar-refractivity contribution is 0.122. The monoisotopic (exact) mass is 421 g/mol. The van der Waals surface area contributed by atoms with Gasteiger partial charge >= 0.3 is 0 Å². The van der Waals surface area contributed by atoms with Crippen LogP contribution in [0.25, 0.3) is 11.0 Å². The number of rotatable bonds is 6. The van der Waals surface area contributed by atoms with Crippen molar-refractivity contribution in [3.8, 4) is 0 Å². The van der Waals surface area contributed by atoms with E-state index >= 15 is 0 Å². The number of fused-ring (bicyclic) bond motifs is 1. The number of aromatic nitrogens is 3. The number of anilines is 2. The highest BCUT2D eigenvalue weighted by atomic mass is 16.5. The molecule has 1 N–H and O–H groups in total. The van der Waals surface area contributed by atoms with Crippen molar-refractivity contribution in [3.63, 3.8) is 0 Å². The van der Waals surface area contributed by atoms with Crippen molar-refractivity contribution in [2.45, 2.75) is 39.8 Å². The van der Waals surface area contributed by atoms with Crippen LogP contribution in [0.1, 0.15) is 45.3 Å². The fourth-order valence-electron chi connectivity index (χ4n) is 3.87. The van der Waals surface area contributed by atoms with E-state index in [1.165, 1.54) is 5.69 Å². The number of ether oxygens (including phenoxy) is 1. The average Bonchev–Trinajstić information content (AvgIpc) is 2.79. The van der Waals surface area contributed by atoms with Crippen LogP contribution in [-0.4, -0.2) is 40.8 Å². The van der Waals surface area contributed by atoms with Crippen LogP contribution >= 0.6 is 0 Å². The lowest BCUT2D eigenvalue weighted by Gasteiger charge is -2.29. The molecular formula is C24H31N5O2. The lowest BCUT2D eigenvalue weighted by Crippen LogP contribution is -2.36. The van der Waals surface area contributed by atoms with E-state index in [2.05, 4.69) is 67.2 Å². The molecule has 1 aliphatic heterocycles. The van der Waals surface area contributed by atoms with E-state index in [0.717, 1.165) is 37.3 Å². The second kappa shape index (κ2) is 9.06. The summed E-state index contributed by atoms with van der Waals surface area (Å²) in [6.07, 6.45) is 1.78. The molecule has 3 aromatic rings. The van der Waals surface area contributed by atoms with Crippen LogP contribution in [0.3, 0.4) is 0 Å². The summed E-state index contributed by atoms with van der Waals surface area (Å²) in [7, 11) is 0. The molecule has 0 aliphatic carbocycles. The number of hydrogen-bond acceptors (Lipinski definition) is 6. The van der Waals surface area contributed by atoms with Gasteiger partial charge in [-0.2, -0.15) is 4.98 Å². The van der Waals surface area contributed by atoms with Gasteiger partial charge in [-0.1, -0.05) is 26.0 Å². The predicted octanol–water partition coefficient (Wildman–Crippen LogP) is 4.02. The van der Waals surface area contributed by atoms with Crippen LogP contribution < -0.4 is 15.8 Å². The van der Waals surface area contributed by atoms with Crippen LogP contribution in [0, 0.1) is 5.92 Å². The van der Waals surface area contributed by atoms with Gasteiger partial charge in [0.1, 0.15) is 5.65 Å². The summed E-state index contributed by atoms with van der Waals surface area (Å²) < 4.78 is 7.21. The molecule has 1 aromatic carbocycles. The Balaban J connectivity index is 1.56. The minimum Gasteiger partial charge on any atom is -0.378 e. The number of benzene rings is 1. The Labute approximate surface area is 183 Å². The number of morpholine rings is 1. The standard InChI is InChI=1S/C24H31N5O2/c1-16(2)18(4)29-22(30)10-7-20-15-25-24(27-23(20)29)26-17(3)19-5-8-21(9-6-19)28-11-13-31-14-12-28/h5-10,15-18H,11-14H2,1-4H3,(H,25,26,27). The number of nitrogens with one attached hydrogen (secondary N) is 1. The van der Waals surface area contributed by atoms with Crippen molar-refractivity contribution in [1.82, 2.24) is 14.5 Å². The van der Waals surface area contributed by atoms with Gasteiger partial charge in [0.15, 0.2) is 0 Å². The second-order valence-electron chi connectivity index (χ2n) is 8.56. The molecule has 2 atom stereocenters. The molecule has 3 heterocycles. The molecule has 7 heteroatoms. The van der Waals surface area contributed by atoms with Gasteiger partial charge in [0.2, 0.25) is 5.95 Å². The number of pyridine rings is 1. The Bertz CT molecular complexity index is 1090. The fourth-order valence-corrected chi connectivity index (χ4v) is 3.87. The Hall–Kier alpha value is -2.93. The molecule has 0 spiro atoms. The van der Waals surface area contributed by atoms with Gasteiger partial charge in [0.05, 0.1) is 19.3 Å². The third-order valence-corrected chi connectivity index (χ3v) is 6.15. The van der Waals surface area contributed by atoms with Gasteiger partial charge in [-0.15, -0.1) is 0 Å². The Morgan fingerprint density at radius 1 is 1.00 bits per heavy atom. The first-order valence-corrected chi connectivity index (χ1v) is 11.0. The molecule has 1 saturated heterocycles. The van der Waals surface area contributed by atoms with E-state index in [0.29, 0.717) is 17.5 Å². The minimum absolute atomic E-state index is 0.0302. The van der Waals surface area contributed by atoms with E-state index in [4.69, 9.17) is 9.72 Å². The second-order valence-corrected chi connectivity index (χ2v) is 8.56. The smallest absolute Gasteiger partial charge is 0.252 e. The number of hydrogen-bond donors (Lipinski definition) is 1. The van der Waals surface area contributed by atoms with Crippen molar-refractivity contribution in [3.05, 3.63) is 58.5 Å². The summed E-state index contributed by atoms with van der Waals surface area (Å²) in [5.41, 5.74) is 3.00. The summed E-state index contributed by atoms with van der Waals surface area (Å²) in [4.78, 5) is 24.1. The maximum absolute atomic E-state index is 12.6. The van der Waals surface area contributed by atoms with E-state index in [-0.39, 0.29) is 17.6 Å². The molecule has 2 aromatic heterocycles. The summed E-state index contributed by atoms with van der Waals surface area (Å²) >= 11 is 0. The fraction of sp³-hybridized carbons (Fsp3) is 0.458. The highest BCUT2D eigenvalue weighted by Gasteiger charge is 2.17. The molecule has 0 radical (unpaired) electrons. The minimum atomic E-state index is -0.0369. The van der Waals surface area contributed by atoms with Crippen LogP contribution in [0.5, 0.6) is 0 Å². The molecular weight excluding hydrogens is 390 g/mol. The molecule has 164 valence electrons. The quantitative estimate of drug-likeness (QED) is 0.648. The third-order valence-electron chi connectivity index (χ3n) is 6.15. The first-order valence-electron chi connectivity index (χ1n) is 11.0. The van der Waals surface area contributed by atoms with E-state index < -0.39 is 0 Å². The van der Waals surface area contributed by atoms with Gasteiger partial charge in [0, 0.05) is 42.5 Å². The molecule has 0 saturated carbocycles. The summed E-state index contributed by atoms with van der Waals surface area (Å²) in [6, 6.07) is 12.0. The highest BCUT2D eigenvalue weighted by molar-refractivity contribution is 5.75. The highest BCUT2D eigenvalue weighted by Crippen LogP contribution is 2.24. The number of nitrogens with zero attached hydrogens (tertiary/aromatic N) is 4. The lowest BCUT2D eigenvalue weighted by atomic mass is 10.1. The third kappa shape index (κ3) is 4.56. The summed E-state index contributed by atoms with van der Waals surface area (Å²) in [5, 5.41) is 4.25. The SMILES string of the molecule is CC(Nc1ncc2ccc(=O)n(C(C)C(C)C)c2n1)c1ccc(N2CCOCC2)cc1. The van der Waals surface area contributed by atoms with Crippen molar-refractivity contribution < 1.29 is 4.74 Å². The van der Waals surface area contributed by atoms with Crippen molar-refractivity contribution in [2.75, 3.05) is 36.5 Å². The van der Waals surface area contributed by atoms with E-state index in [9.17, 15) is 4.79 Å². The van der Waals surface area contributed by atoms with Crippen LogP contribution in [0.15, 0.2) is 47.4 Å². The van der Waals surface area contributed by atoms with Gasteiger partial charge in [-0.25, -0.2) is 4.98 Å². The Morgan fingerprint density at radius 2 is 1.71 bits per heavy atom. The first-order chi connectivity index (χ1) is 14.9. The Morgan fingerprint density at radius 3 is 2.39 bits per heavy atom. The molecule has 7 nitrogen and oxygen atoms in total. The molecule has 1 aliphatic rings. The van der Waals surface area contributed by atoms with Crippen molar-refractivity contribution >= 4 is 22.7 Å². The van der Waals surface area contributed by atoms with E-state index in [1.807, 2.05) is 0 Å². The van der Waals surface area contributed by atoms with Gasteiger partial charge in [0.25, 0.3) is 5.56 Å². The zero-order valence-corrected chi connectivity index (χ0v) is 18.7. The van der Waals surface area contributed by atoms with Crippen molar-refractivity contribution in [2.24, 2.45) is 5.92 Å². The van der Waals surface area contributed by atoms with Gasteiger partial charge in [-0.05, 0) is 43.5 Å². The molecule has 1 fully saturated rings. The maximum Gasteiger partial charge on any atom is 0.252 e. The zero-order chi connectivity index (χ0) is 22.0. The van der Waals surface area contributed by atoms with Crippen molar-refractivity contribution in [1.29, 1.82) is 0 Å². The maximum atomic E-state index is 12.6. The van der Waals surface area contributed by atoms with E-state index in [1.54, 1.807) is 22.9 Å². The topological polar surface area (TPSA) is 72.3 Å². The largest absolute Gasteiger partial charge is 0.378 e. The van der Waals surface area contributed by atoms with Crippen LogP contribution in [0.4, 0.5) is 11.6 Å². The molecule has 31 heavy (non-hydrogen) atoms. The Kier molecular flexibility index (Phi) is 6.23. The zero-order valence-electron chi connectivity index (χ0n) is 18.7. The molecule has 0 amide bonds. The summed E-state index contributed by atoms with van der Waals surface area (Å²) in [6.45, 7) is 11.8. The van der Waals surface area contributed by atoms with Gasteiger partial charge < -0.3 is 15.0 Å². The molecule has 4 rings (SSSR count). The molecule has 0 bridgehead atoms. The average molecular weight is 422 g/mol. The molecule has 2 unspecified atom stereocenters. The van der Waals surface area contributed by atoms with Gasteiger partial charge in [-0.3, -0.25) is 9.36 Å². The normalized spacial score (nSPS) is 16.5. The predicted molar refractivity (Wildman–Crippen MR) is 125 cm³/mol. The summed E-state index contributed by atoms with van der Waals surface area (Å²) in [5.74, 6) is 0.839. The van der Waals surface area contributed by atoms with Crippen LogP contribution in [-0.2, 0) is 4.74 Å². The first kappa shape index (κ1) is 21.3. The van der Waals surface area contributed by atoms with Crippen LogP contribution in [0.2, 0.25) is 0 Å².